The topological polar surface area (TPSA) is 60.2 Å². The molecule has 0 atom stereocenters. The van der Waals surface area contributed by atoms with Crippen molar-refractivity contribution in [2.45, 2.75) is 12.8 Å². The van der Waals surface area contributed by atoms with Crippen LogP contribution in [0.5, 0.6) is 0 Å². The molecule has 1 aromatic carbocycles. The first kappa shape index (κ1) is 10.9. The van der Waals surface area contributed by atoms with Gasteiger partial charge in [-0.1, -0.05) is 18.1 Å². The van der Waals surface area contributed by atoms with Gasteiger partial charge in [-0.25, -0.2) is 0 Å². The number of rotatable bonds is 4. The Balaban J connectivity index is 2.69. The van der Waals surface area contributed by atoms with Crippen LogP contribution >= 0.6 is 0 Å². The van der Waals surface area contributed by atoms with Crippen LogP contribution in [0.4, 0.5) is 5.69 Å². The van der Waals surface area contributed by atoms with Crippen molar-refractivity contribution in [1.29, 1.82) is 0 Å². The number of hydrogen-bond acceptors (Lipinski definition) is 3. The maximum absolute atomic E-state index is 11.2. The molecule has 1 rings (SSSR count). The molecule has 0 fully saturated rings. The summed E-state index contributed by atoms with van der Waals surface area (Å²) in [5, 5.41) is 10.3. The Bertz CT molecular complexity index is 414. The third kappa shape index (κ3) is 3.24. The third-order valence-corrected chi connectivity index (χ3v) is 1.85. The zero-order chi connectivity index (χ0) is 11.3. The molecule has 0 radical (unpaired) electrons. The highest BCUT2D eigenvalue weighted by atomic mass is 16.6. The molecule has 0 heterocycles. The number of terminal acetylenes is 1. The lowest BCUT2D eigenvalue weighted by atomic mass is 10.1. The Hall–Kier alpha value is -2.15. The Morgan fingerprint density at radius 2 is 2.00 bits per heavy atom. The normalized spacial score (nSPS) is 9.27. The number of nitrogens with zero attached hydrogens (tertiary/aromatic N) is 1. The summed E-state index contributed by atoms with van der Waals surface area (Å²) < 4.78 is 0. The minimum Gasteiger partial charge on any atom is -0.298 e. The molecular weight excluding hydrogens is 194 g/mol. The molecule has 0 N–H and O–H groups in total. The molecule has 4 nitrogen and oxygen atoms in total. The molecule has 0 aliphatic rings. The van der Waals surface area contributed by atoms with E-state index in [0.29, 0.717) is 0 Å². The molecule has 0 aliphatic heterocycles. The van der Waals surface area contributed by atoms with E-state index in [1.165, 1.54) is 12.1 Å². The van der Waals surface area contributed by atoms with Gasteiger partial charge in [0.05, 0.1) is 11.3 Å². The Kier molecular flexibility index (Phi) is 3.58. The van der Waals surface area contributed by atoms with E-state index in [2.05, 4.69) is 5.92 Å². The van der Waals surface area contributed by atoms with E-state index in [9.17, 15) is 14.9 Å². The summed E-state index contributed by atoms with van der Waals surface area (Å²) in [5.74, 6) is 2.20. The summed E-state index contributed by atoms with van der Waals surface area (Å²) >= 11 is 0. The number of carbonyl (C=O) groups is 1. The largest absolute Gasteiger partial charge is 0.298 e. The maximum atomic E-state index is 11.2. The number of nitro benzene ring substituents is 1. The fourth-order valence-corrected chi connectivity index (χ4v) is 1.14. The van der Waals surface area contributed by atoms with Gasteiger partial charge in [-0.15, -0.1) is 6.42 Å². The van der Waals surface area contributed by atoms with Gasteiger partial charge in [0.15, 0.2) is 0 Å². The van der Waals surface area contributed by atoms with Crippen LogP contribution in [0.25, 0.3) is 0 Å². The van der Waals surface area contributed by atoms with E-state index in [1.807, 2.05) is 0 Å². The summed E-state index contributed by atoms with van der Waals surface area (Å²) in [7, 11) is 0. The van der Waals surface area contributed by atoms with Crippen molar-refractivity contribution in [3.05, 3.63) is 39.9 Å². The molecule has 0 aromatic heterocycles. The van der Waals surface area contributed by atoms with Gasteiger partial charge >= 0.3 is 0 Å². The van der Waals surface area contributed by atoms with Crippen molar-refractivity contribution in [3.8, 4) is 12.3 Å². The third-order valence-electron chi connectivity index (χ3n) is 1.85. The highest BCUT2D eigenvalue weighted by Crippen LogP contribution is 2.12. The van der Waals surface area contributed by atoms with Crippen LogP contribution in [0.1, 0.15) is 12.0 Å². The molecule has 1 aromatic rings. The molecule has 76 valence electrons. The fourth-order valence-electron chi connectivity index (χ4n) is 1.14. The van der Waals surface area contributed by atoms with Crippen LogP contribution in [-0.2, 0) is 11.2 Å². The molecule has 4 heteroatoms. The van der Waals surface area contributed by atoms with Crippen molar-refractivity contribution in [1.82, 2.24) is 0 Å². The van der Waals surface area contributed by atoms with E-state index < -0.39 is 4.92 Å². The number of hydrogen-bond donors (Lipinski definition) is 0. The summed E-state index contributed by atoms with van der Waals surface area (Å²) in [6.07, 6.45) is 5.31. The van der Waals surface area contributed by atoms with Gasteiger partial charge in [0.2, 0.25) is 0 Å². The molecule has 15 heavy (non-hydrogen) atoms. The average molecular weight is 203 g/mol. The van der Waals surface area contributed by atoms with Crippen LogP contribution in [0.3, 0.4) is 0 Å². The van der Waals surface area contributed by atoms with Crippen LogP contribution in [0.2, 0.25) is 0 Å². The molecule has 0 amide bonds. The average Bonchev–Trinajstić information content (AvgIpc) is 2.18. The molecule has 0 bridgehead atoms. The number of carbonyl (C=O) groups excluding carboxylic acids is 1. The highest BCUT2D eigenvalue weighted by Gasteiger charge is 2.06. The van der Waals surface area contributed by atoms with E-state index in [1.54, 1.807) is 12.1 Å². The molecule has 0 aliphatic carbocycles. The summed E-state index contributed by atoms with van der Waals surface area (Å²) in [5.41, 5.74) is 0.754. The van der Waals surface area contributed by atoms with Crippen molar-refractivity contribution in [3.63, 3.8) is 0 Å². The number of ketones is 1. The first-order valence-corrected chi connectivity index (χ1v) is 4.32. The van der Waals surface area contributed by atoms with E-state index in [4.69, 9.17) is 6.42 Å². The fraction of sp³-hybridized carbons (Fsp3) is 0.182. The monoisotopic (exact) mass is 203 g/mol. The Labute approximate surface area is 87.1 Å². The second-order valence-electron chi connectivity index (χ2n) is 3.02. The Morgan fingerprint density at radius 3 is 2.47 bits per heavy atom. The minimum absolute atomic E-state index is 0.0168. The van der Waals surface area contributed by atoms with Gasteiger partial charge in [-0.3, -0.25) is 14.9 Å². The lowest BCUT2D eigenvalue weighted by Gasteiger charge is -1.97. The van der Waals surface area contributed by atoms with Gasteiger partial charge in [0, 0.05) is 18.6 Å². The van der Waals surface area contributed by atoms with Crippen molar-refractivity contribution in [2.24, 2.45) is 0 Å². The van der Waals surface area contributed by atoms with E-state index in [-0.39, 0.29) is 24.3 Å². The summed E-state index contributed by atoms with van der Waals surface area (Å²) in [6, 6.07) is 5.87. The maximum Gasteiger partial charge on any atom is 0.269 e. The number of nitro groups is 1. The number of benzene rings is 1. The molecular formula is C11H9NO3. The highest BCUT2D eigenvalue weighted by molar-refractivity contribution is 5.82. The predicted molar refractivity (Wildman–Crippen MR) is 55.3 cm³/mol. The second kappa shape index (κ2) is 4.91. The lowest BCUT2D eigenvalue weighted by molar-refractivity contribution is -0.384. The van der Waals surface area contributed by atoms with Gasteiger partial charge < -0.3 is 0 Å². The first-order valence-electron chi connectivity index (χ1n) is 4.32. The number of Topliss-reactive ketones (excluding diaryl/α,β-unsaturated/α-hetero) is 1. The predicted octanol–water partition coefficient (Wildman–Crippen LogP) is 1.73. The SMILES string of the molecule is C#CCC(=O)Cc1ccc([N+](=O)[O-])cc1. The second-order valence-corrected chi connectivity index (χ2v) is 3.02. The molecule has 0 unspecified atom stereocenters. The summed E-state index contributed by atoms with van der Waals surface area (Å²) in [6.45, 7) is 0. The summed E-state index contributed by atoms with van der Waals surface area (Å²) in [4.78, 5) is 21.0. The van der Waals surface area contributed by atoms with Gasteiger partial charge in [0.25, 0.3) is 5.69 Å². The quantitative estimate of drug-likeness (QED) is 0.425. The van der Waals surface area contributed by atoms with Crippen LogP contribution in [0.15, 0.2) is 24.3 Å². The van der Waals surface area contributed by atoms with Gasteiger partial charge in [-0.2, -0.15) is 0 Å². The van der Waals surface area contributed by atoms with Gasteiger partial charge in [-0.05, 0) is 5.56 Å². The van der Waals surface area contributed by atoms with Gasteiger partial charge in [0.1, 0.15) is 5.78 Å². The Morgan fingerprint density at radius 1 is 1.40 bits per heavy atom. The number of non-ortho nitro benzene ring substituents is 1. The standard InChI is InChI=1S/C11H9NO3/c1-2-3-11(13)8-9-4-6-10(7-5-9)12(14)15/h1,4-7H,3,8H2. The van der Waals surface area contributed by atoms with Crippen LogP contribution in [0, 0.1) is 22.5 Å². The first-order chi connectivity index (χ1) is 7.13. The van der Waals surface area contributed by atoms with Crippen molar-refractivity contribution < 1.29 is 9.72 Å². The zero-order valence-electron chi connectivity index (χ0n) is 7.97. The minimum atomic E-state index is -0.479. The van der Waals surface area contributed by atoms with E-state index in [0.717, 1.165) is 5.56 Å². The van der Waals surface area contributed by atoms with Crippen LogP contribution in [-0.4, -0.2) is 10.7 Å². The van der Waals surface area contributed by atoms with Crippen molar-refractivity contribution in [2.75, 3.05) is 0 Å². The molecule has 0 saturated heterocycles. The lowest BCUT2D eigenvalue weighted by Crippen LogP contribution is -2.01. The van der Waals surface area contributed by atoms with Crippen molar-refractivity contribution >= 4 is 11.5 Å². The molecule has 0 spiro atoms. The van der Waals surface area contributed by atoms with E-state index >= 15 is 0 Å². The van der Waals surface area contributed by atoms with Crippen LogP contribution < -0.4 is 0 Å². The smallest absolute Gasteiger partial charge is 0.269 e. The zero-order valence-corrected chi connectivity index (χ0v) is 7.97. The molecule has 0 saturated carbocycles.